The lowest BCUT2D eigenvalue weighted by atomic mass is 9.89. The Labute approximate surface area is 209 Å². The number of rotatable bonds is 6. The van der Waals surface area contributed by atoms with Crippen molar-refractivity contribution in [1.29, 1.82) is 0 Å². The first-order valence-electron chi connectivity index (χ1n) is 12.2. The van der Waals surface area contributed by atoms with Crippen molar-refractivity contribution in [2.75, 3.05) is 52.5 Å². The van der Waals surface area contributed by atoms with E-state index in [4.69, 9.17) is 14.1 Å². The summed E-state index contributed by atoms with van der Waals surface area (Å²) in [6.45, 7) is 6.31. The molecule has 0 bridgehead atoms. The van der Waals surface area contributed by atoms with Gasteiger partial charge in [-0.25, -0.2) is 0 Å². The van der Waals surface area contributed by atoms with E-state index in [2.05, 4.69) is 10.2 Å². The van der Waals surface area contributed by atoms with Crippen molar-refractivity contribution < 1.29 is 13.9 Å². The van der Waals surface area contributed by atoms with Crippen molar-refractivity contribution in [2.24, 2.45) is 16.8 Å². The molecule has 8 heteroatoms. The lowest BCUT2D eigenvalue weighted by Gasteiger charge is -2.37. The summed E-state index contributed by atoms with van der Waals surface area (Å²) in [5, 5.41) is 3.58. The van der Waals surface area contributed by atoms with E-state index in [1.54, 1.807) is 6.26 Å². The van der Waals surface area contributed by atoms with E-state index in [0.29, 0.717) is 19.1 Å². The molecule has 1 aromatic heterocycles. The van der Waals surface area contributed by atoms with Gasteiger partial charge in [0.25, 0.3) is 0 Å². The average Bonchev–Trinajstić information content (AvgIpc) is 3.36. The summed E-state index contributed by atoms with van der Waals surface area (Å²) >= 11 is 0. The monoisotopic (exact) mass is 558 g/mol. The number of carbonyl (C=O) groups excluding carboxylic acids is 1. The van der Waals surface area contributed by atoms with Gasteiger partial charge in [0.15, 0.2) is 5.96 Å². The zero-order chi connectivity index (χ0) is 21.3. The van der Waals surface area contributed by atoms with E-state index in [-0.39, 0.29) is 29.9 Å². The summed E-state index contributed by atoms with van der Waals surface area (Å²) < 4.78 is 10.9. The molecule has 1 saturated carbocycles. The van der Waals surface area contributed by atoms with E-state index in [0.717, 1.165) is 76.2 Å². The van der Waals surface area contributed by atoms with Crippen LogP contribution in [0.4, 0.5) is 0 Å². The van der Waals surface area contributed by atoms with Crippen molar-refractivity contribution >= 4 is 35.8 Å². The maximum atomic E-state index is 12.9. The van der Waals surface area contributed by atoms with E-state index in [9.17, 15) is 4.79 Å². The number of nitrogens with zero attached hydrogens (tertiary/aromatic N) is 3. The van der Waals surface area contributed by atoms with Crippen LogP contribution in [0, 0.1) is 11.8 Å². The predicted octanol–water partition coefficient (Wildman–Crippen LogP) is 3.54. The van der Waals surface area contributed by atoms with Crippen molar-refractivity contribution in [1.82, 2.24) is 15.1 Å². The van der Waals surface area contributed by atoms with Crippen LogP contribution in [0.2, 0.25) is 0 Å². The molecule has 0 aromatic carbocycles. The van der Waals surface area contributed by atoms with Crippen LogP contribution in [-0.2, 0) is 16.0 Å². The van der Waals surface area contributed by atoms with Crippen molar-refractivity contribution in [2.45, 2.75) is 51.4 Å². The number of amides is 1. The Kier molecular flexibility index (Phi) is 10.6. The maximum Gasteiger partial charge on any atom is 0.225 e. The normalized spacial score (nSPS) is 21.3. The van der Waals surface area contributed by atoms with E-state index in [1.807, 2.05) is 17.0 Å². The Morgan fingerprint density at radius 2 is 1.78 bits per heavy atom. The number of morpholine rings is 1. The highest BCUT2D eigenvalue weighted by Crippen LogP contribution is 2.24. The largest absolute Gasteiger partial charge is 0.469 e. The number of piperidine rings is 1. The average molecular weight is 559 g/mol. The first-order valence-corrected chi connectivity index (χ1v) is 12.2. The van der Waals surface area contributed by atoms with Gasteiger partial charge in [0.05, 0.1) is 19.5 Å². The number of likely N-dealkylation sites (tertiary alicyclic amines) is 1. The van der Waals surface area contributed by atoms with Gasteiger partial charge in [-0.15, -0.1) is 24.0 Å². The molecule has 3 fully saturated rings. The first kappa shape index (κ1) is 25.3. The standard InChI is InChI=1S/C24H38N4O3.HI/c29-23(27-14-17-30-18-15-27)21-9-12-28(13-10-21)24(25-11-8-22-7-4-16-31-22)26-19-20-5-2-1-3-6-20;/h4,7,16,20-21H,1-3,5-6,8-15,17-19H2,(H,25,26);1H. The number of hydrogen-bond acceptors (Lipinski definition) is 4. The lowest BCUT2D eigenvalue weighted by Crippen LogP contribution is -2.50. The molecule has 0 spiro atoms. The number of aliphatic imine (C=N–C) groups is 1. The number of furan rings is 1. The molecule has 7 nitrogen and oxygen atoms in total. The van der Waals surface area contributed by atoms with Crippen LogP contribution < -0.4 is 5.32 Å². The van der Waals surface area contributed by atoms with E-state index < -0.39 is 0 Å². The van der Waals surface area contributed by atoms with E-state index in [1.165, 1.54) is 32.1 Å². The first-order chi connectivity index (χ1) is 15.3. The SMILES string of the molecule is I.O=C(C1CCN(C(=NCC2CCCCC2)NCCc2ccco2)CC1)N1CCOCC1. The van der Waals surface area contributed by atoms with Crippen molar-refractivity contribution in [3.8, 4) is 0 Å². The molecular weight excluding hydrogens is 519 g/mol. The minimum Gasteiger partial charge on any atom is -0.469 e. The fourth-order valence-electron chi connectivity index (χ4n) is 4.99. The topological polar surface area (TPSA) is 70.3 Å². The number of ether oxygens (including phenoxy) is 1. The summed E-state index contributed by atoms with van der Waals surface area (Å²) in [5.74, 6) is 3.17. The zero-order valence-corrected chi connectivity index (χ0v) is 21.5. The highest BCUT2D eigenvalue weighted by atomic mass is 127. The molecule has 32 heavy (non-hydrogen) atoms. The molecule has 1 aliphatic carbocycles. The van der Waals surface area contributed by atoms with Crippen LogP contribution in [0.1, 0.15) is 50.7 Å². The second-order valence-corrected chi connectivity index (χ2v) is 9.12. The number of hydrogen-bond donors (Lipinski definition) is 1. The highest BCUT2D eigenvalue weighted by Gasteiger charge is 2.30. The second kappa shape index (κ2) is 13.4. The molecule has 3 heterocycles. The summed E-state index contributed by atoms with van der Waals surface area (Å²) in [6, 6.07) is 3.95. The predicted molar refractivity (Wildman–Crippen MR) is 136 cm³/mol. The zero-order valence-electron chi connectivity index (χ0n) is 19.2. The van der Waals surface area contributed by atoms with Crippen LogP contribution in [0.15, 0.2) is 27.8 Å². The number of halogens is 1. The Hall–Kier alpha value is -1.29. The summed E-state index contributed by atoms with van der Waals surface area (Å²) in [5.41, 5.74) is 0. The molecule has 2 aliphatic heterocycles. The van der Waals surface area contributed by atoms with Crippen LogP contribution in [0.5, 0.6) is 0 Å². The molecule has 180 valence electrons. The van der Waals surface area contributed by atoms with E-state index >= 15 is 0 Å². The molecule has 1 aromatic rings. The fourth-order valence-corrected chi connectivity index (χ4v) is 4.99. The minimum atomic E-state index is 0. The molecule has 1 amide bonds. The summed E-state index contributed by atoms with van der Waals surface area (Å²) in [7, 11) is 0. The third-order valence-corrected chi connectivity index (χ3v) is 6.93. The van der Waals surface area contributed by atoms with Gasteiger partial charge in [0.1, 0.15) is 5.76 Å². The molecule has 0 radical (unpaired) electrons. The Morgan fingerprint density at radius 1 is 1.03 bits per heavy atom. The Morgan fingerprint density at radius 3 is 2.47 bits per heavy atom. The Bertz CT molecular complexity index is 692. The van der Waals surface area contributed by atoms with Gasteiger partial charge in [-0.05, 0) is 43.7 Å². The van der Waals surface area contributed by atoms with Gasteiger partial charge in [0, 0.05) is 51.6 Å². The molecule has 2 saturated heterocycles. The molecule has 0 unspecified atom stereocenters. The quantitative estimate of drug-likeness (QED) is 0.329. The van der Waals surface area contributed by atoms with Crippen molar-refractivity contribution in [3.63, 3.8) is 0 Å². The number of carbonyl (C=O) groups is 1. The van der Waals surface area contributed by atoms with Crippen LogP contribution in [0.25, 0.3) is 0 Å². The third-order valence-electron chi connectivity index (χ3n) is 6.93. The van der Waals surface area contributed by atoms with Gasteiger partial charge in [-0.3, -0.25) is 9.79 Å². The number of nitrogens with one attached hydrogen (secondary N) is 1. The van der Waals surface area contributed by atoms with Gasteiger partial charge in [0.2, 0.25) is 5.91 Å². The van der Waals surface area contributed by atoms with Crippen LogP contribution >= 0.6 is 24.0 Å². The second-order valence-electron chi connectivity index (χ2n) is 9.12. The summed E-state index contributed by atoms with van der Waals surface area (Å²) in [6.07, 6.45) is 11.0. The molecule has 4 rings (SSSR count). The fraction of sp³-hybridized carbons (Fsp3) is 0.750. The molecule has 1 N–H and O–H groups in total. The van der Waals surface area contributed by atoms with Gasteiger partial charge in [-0.1, -0.05) is 19.3 Å². The maximum absolute atomic E-state index is 12.9. The molecule has 0 atom stereocenters. The van der Waals surface area contributed by atoms with Gasteiger partial charge >= 0.3 is 0 Å². The highest BCUT2D eigenvalue weighted by molar-refractivity contribution is 14.0. The molecular formula is C24H39IN4O3. The van der Waals surface area contributed by atoms with Crippen LogP contribution in [-0.4, -0.2) is 74.1 Å². The Balaban J connectivity index is 0.00000289. The lowest BCUT2D eigenvalue weighted by molar-refractivity contribution is -0.140. The third kappa shape index (κ3) is 7.37. The molecule has 3 aliphatic rings. The van der Waals surface area contributed by atoms with Gasteiger partial charge in [-0.2, -0.15) is 0 Å². The minimum absolute atomic E-state index is 0. The smallest absolute Gasteiger partial charge is 0.225 e. The summed E-state index contributed by atoms with van der Waals surface area (Å²) in [4.78, 5) is 22.2. The number of guanidine groups is 1. The van der Waals surface area contributed by atoms with Crippen molar-refractivity contribution in [3.05, 3.63) is 24.2 Å². The van der Waals surface area contributed by atoms with Gasteiger partial charge < -0.3 is 24.3 Å². The van der Waals surface area contributed by atoms with Crippen LogP contribution in [0.3, 0.4) is 0 Å².